The molecule has 4 nitrogen and oxygen atoms in total. The van der Waals surface area contributed by atoms with Gasteiger partial charge in [-0.2, -0.15) is 0 Å². The molecular formula is C14H16N2O2. The van der Waals surface area contributed by atoms with E-state index in [2.05, 4.69) is 9.97 Å². The third kappa shape index (κ3) is 2.33. The summed E-state index contributed by atoms with van der Waals surface area (Å²) in [6.45, 7) is 3.95. The minimum absolute atomic E-state index is 0.655. The second kappa shape index (κ2) is 5.14. The van der Waals surface area contributed by atoms with Crippen molar-refractivity contribution in [2.24, 2.45) is 0 Å². The molecule has 2 rings (SSSR count). The zero-order valence-corrected chi connectivity index (χ0v) is 10.7. The second-order valence-electron chi connectivity index (χ2n) is 4.27. The van der Waals surface area contributed by atoms with Crippen LogP contribution in [0.4, 0.5) is 0 Å². The number of aromatic nitrogens is 2. The summed E-state index contributed by atoms with van der Waals surface area (Å²) in [6, 6.07) is 3.93. The Bertz CT molecular complexity index is 541. The first kappa shape index (κ1) is 12.5. The van der Waals surface area contributed by atoms with E-state index in [4.69, 9.17) is 4.74 Å². The number of aliphatic hydroxyl groups is 1. The fraction of sp³-hybridized carbons (Fsp3) is 0.286. The average molecular weight is 244 g/mol. The van der Waals surface area contributed by atoms with E-state index in [0.717, 1.165) is 16.7 Å². The van der Waals surface area contributed by atoms with Gasteiger partial charge < -0.3 is 9.84 Å². The maximum Gasteiger partial charge on any atom is 0.125 e. The molecule has 0 aliphatic rings. The molecule has 2 aromatic rings. The van der Waals surface area contributed by atoms with Crippen molar-refractivity contribution in [2.75, 3.05) is 7.11 Å². The van der Waals surface area contributed by atoms with E-state index in [1.807, 2.05) is 26.0 Å². The highest BCUT2D eigenvalue weighted by Gasteiger charge is 2.18. The monoisotopic (exact) mass is 244 g/mol. The lowest BCUT2D eigenvalue weighted by Gasteiger charge is -2.18. The first-order chi connectivity index (χ1) is 8.63. The van der Waals surface area contributed by atoms with Crippen molar-refractivity contribution < 1.29 is 9.84 Å². The number of methoxy groups -OCH3 is 1. The number of hydrogen-bond donors (Lipinski definition) is 1. The van der Waals surface area contributed by atoms with Gasteiger partial charge in [0, 0.05) is 23.5 Å². The zero-order chi connectivity index (χ0) is 13.1. The van der Waals surface area contributed by atoms with Gasteiger partial charge in [-0.25, -0.2) is 9.97 Å². The lowest BCUT2D eigenvalue weighted by molar-refractivity contribution is 0.213. The van der Waals surface area contributed by atoms with Crippen LogP contribution < -0.4 is 4.74 Å². The van der Waals surface area contributed by atoms with Gasteiger partial charge in [0.05, 0.1) is 7.11 Å². The number of aryl methyl sites for hydroxylation is 2. The van der Waals surface area contributed by atoms with Crippen molar-refractivity contribution in [2.45, 2.75) is 20.0 Å². The molecule has 1 N–H and O–H groups in total. The van der Waals surface area contributed by atoms with Crippen LogP contribution in [0, 0.1) is 13.8 Å². The van der Waals surface area contributed by atoms with Gasteiger partial charge in [-0.3, -0.25) is 0 Å². The van der Waals surface area contributed by atoms with Crippen LogP contribution in [-0.2, 0) is 0 Å². The van der Waals surface area contributed by atoms with Crippen LogP contribution in [-0.4, -0.2) is 22.2 Å². The molecule has 94 valence electrons. The van der Waals surface area contributed by atoms with Gasteiger partial charge in [-0.15, -0.1) is 0 Å². The summed E-state index contributed by atoms with van der Waals surface area (Å²) in [6.07, 6.45) is 3.88. The standard InChI is InChI=1S/C14H16N2O2/c1-9-4-10(2)13(12(5-9)18-3)14(17)11-6-15-8-16-7-11/h4-8,14,17H,1-3H3. The quantitative estimate of drug-likeness (QED) is 0.899. The van der Waals surface area contributed by atoms with E-state index >= 15 is 0 Å². The van der Waals surface area contributed by atoms with Gasteiger partial charge in [0.2, 0.25) is 0 Å². The van der Waals surface area contributed by atoms with Crippen LogP contribution >= 0.6 is 0 Å². The summed E-state index contributed by atoms with van der Waals surface area (Å²) in [5, 5.41) is 10.4. The molecule has 4 heteroatoms. The highest BCUT2D eigenvalue weighted by Crippen LogP contribution is 2.33. The topological polar surface area (TPSA) is 55.2 Å². The fourth-order valence-corrected chi connectivity index (χ4v) is 2.08. The lowest BCUT2D eigenvalue weighted by Crippen LogP contribution is -2.06. The molecule has 0 spiro atoms. The minimum atomic E-state index is -0.776. The molecule has 1 aromatic heterocycles. The van der Waals surface area contributed by atoms with Crippen molar-refractivity contribution >= 4 is 0 Å². The number of nitrogens with zero attached hydrogens (tertiary/aromatic N) is 2. The Morgan fingerprint density at radius 2 is 1.83 bits per heavy atom. The summed E-state index contributed by atoms with van der Waals surface area (Å²) in [7, 11) is 1.60. The Morgan fingerprint density at radius 3 is 2.44 bits per heavy atom. The van der Waals surface area contributed by atoms with Crippen LogP contribution in [0.25, 0.3) is 0 Å². The molecule has 0 bridgehead atoms. The van der Waals surface area contributed by atoms with Crippen molar-refractivity contribution in [3.8, 4) is 5.75 Å². The molecule has 0 saturated carbocycles. The Hall–Kier alpha value is -1.94. The number of benzene rings is 1. The maximum atomic E-state index is 10.4. The summed E-state index contributed by atoms with van der Waals surface area (Å²) in [5.74, 6) is 0.684. The SMILES string of the molecule is COc1cc(C)cc(C)c1C(O)c1cncnc1. The maximum absolute atomic E-state index is 10.4. The van der Waals surface area contributed by atoms with Gasteiger partial charge in [0.25, 0.3) is 0 Å². The second-order valence-corrected chi connectivity index (χ2v) is 4.27. The number of aliphatic hydroxyl groups excluding tert-OH is 1. The van der Waals surface area contributed by atoms with E-state index in [0.29, 0.717) is 11.3 Å². The summed E-state index contributed by atoms with van der Waals surface area (Å²) < 4.78 is 5.35. The van der Waals surface area contributed by atoms with E-state index in [1.165, 1.54) is 6.33 Å². The smallest absolute Gasteiger partial charge is 0.125 e. The van der Waals surface area contributed by atoms with Gasteiger partial charge in [-0.1, -0.05) is 6.07 Å². The van der Waals surface area contributed by atoms with Gasteiger partial charge >= 0.3 is 0 Å². The van der Waals surface area contributed by atoms with Crippen LogP contribution in [0.2, 0.25) is 0 Å². The van der Waals surface area contributed by atoms with Crippen molar-refractivity contribution in [3.63, 3.8) is 0 Å². The predicted molar refractivity (Wildman–Crippen MR) is 68.6 cm³/mol. The molecule has 0 amide bonds. The fourth-order valence-electron chi connectivity index (χ4n) is 2.08. The molecule has 1 atom stereocenters. The highest BCUT2D eigenvalue weighted by molar-refractivity contribution is 5.47. The van der Waals surface area contributed by atoms with Gasteiger partial charge in [-0.05, 0) is 31.0 Å². The minimum Gasteiger partial charge on any atom is -0.496 e. The molecular weight excluding hydrogens is 228 g/mol. The number of rotatable bonds is 3. The van der Waals surface area contributed by atoms with E-state index in [1.54, 1.807) is 19.5 Å². The average Bonchev–Trinajstić information content (AvgIpc) is 2.38. The molecule has 0 aliphatic carbocycles. The zero-order valence-electron chi connectivity index (χ0n) is 10.7. The summed E-state index contributed by atoms with van der Waals surface area (Å²) in [4.78, 5) is 7.84. The van der Waals surface area contributed by atoms with E-state index in [9.17, 15) is 5.11 Å². The van der Waals surface area contributed by atoms with Gasteiger partial charge in [0.1, 0.15) is 18.2 Å². The molecule has 0 fully saturated rings. The predicted octanol–water partition coefficient (Wildman–Crippen LogP) is 2.18. The normalized spacial score (nSPS) is 12.2. The summed E-state index contributed by atoms with van der Waals surface area (Å²) in [5.41, 5.74) is 3.51. The van der Waals surface area contributed by atoms with E-state index < -0.39 is 6.10 Å². The Morgan fingerprint density at radius 1 is 1.17 bits per heavy atom. The molecule has 0 aliphatic heterocycles. The van der Waals surface area contributed by atoms with Crippen molar-refractivity contribution in [1.29, 1.82) is 0 Å². The van der Waals surface area contributed by atoms with E-state index in [-0.39, 0.29) is 0 Å². The first-order valence-corrected chi connectivity index (χ1v) is 5.71. The Kier molecular flexibility index (Phi) is 3.58. The summed E-state index contributed by atoms with van der Waals surface area (Å²) >= 11 is 0. The molecule has 0 saturated heterocycles. The van der Waals surface area contributed by atoms with Crippen LogP contribution in [0.15, 0.2) is 30.9 Å². The lowest BCUT2D eigenvalue weighted by atomic mass is 9.96. The van der Waals surface area contributed by atoms with Crippen LogP contribution in [0.3, 0.4) is 0 Å². The molecule has 0 radical (unpaired) electrons. The Labute approximate surface area is 106 Å². The van der Waals surface area contributed by atoms with Crippen LogP contribution in [0.5, 0.6) is 5.75 Å². The van der Waals surface area contributed by atoms with Gasteiger partial charge in [0.15, 0.2) is 0 Å². The Balaban J connectivity index is 2.51. The van der Waals surface area contributed by atoms with Crippen molar-refractivity contribution in [1.82, 2.24) is 9.97 Å². The number of ether oxygens (including phenoxy) is 1. The highest BCUT2D eigenvalue weighted by atomic mass is 16.5. The molecule has 1 unspecified atom stereocenters. The van der Waals surface area contributed by atoms with Crippen molar-refractivity contribution in [3.05, 3.63) is 53.1 Å². The number of hydrogen-bond acceptors (Lipinski definition) is 4. The largest absolute Gasteiger partial charge is 0.496 e. The van der Waals surface area contributed by atoms with Crippen LogP contribution in [0.1, 0.15) is 28.4 Å². The third-order valence-electron chi connectivity index (χ3n) is 2.88. The first-order valence-electron chi connectivity index (χ1n) is 5.71. The molecule has 18 heavy (non-hydrogen) atoms. The molecule has 1 heterocycles. The third-order valence-corrected chi connectivity index (χ3v) is 2.88. The molecule has 1 aromatic carbocycles.